The summed E-state index contributed by atoms with van der Waals surface area (Å²) in [6, 6.07) is 14.2. The highest BCUT2D eigenvalue weighted by atomic mass is 79.9. The smallest absolute Gasteiger partial charge is 0.338 e. The average molecular weight is 518 g/mol. The molecule has 2 aromatic carbocycles. The molecule has 1 aliphatic heterocycles. The average Bonchev–Trinajstić information content (AvgIpc) is 3.02. The van der Waals surface area contributed by atoms with E-state index in [-0.39, 0.29) is 12.2 Å². The predicted molar refractivity (Wildman–Crippen MR) is 126 cm³/mol. The monoisotopic (exact) mass is 516 g/mol. The zero-order chi connectivity index (χ0) is 22.1. The minimum atomic E-state index is -0.714. The lowest BCUT2D eigenvalue weighted by atomic mass is 9.96. The molecule has 158 valence electrons. The van der Waals surface area contributed by atoms with E-state index in [0.717, 1.165) is 10.0 Å². The normalized spacial score (nSPS) is 16.1. The summed E-state index contributed by atoms with van der Waals surface area (Å²) in [7, 11) is 0. The molecule has 3 aromatic rings. The largest absolute Gasteiger partial charge is 0.463 e. The second-order valence-corrected chi connectivity index (χ2v) is 9.21. The van der Waals surface area contributed by atoms with E-state index in [0.29, 0.717) is 31.2 Å². The molecule has 8 heteroatoms. The number of ether oxygens (including phenoxy) is 1. The SMILES string of the molecule is CCOC(=O)C1=C(C)N=c2s/c(=C\c3cccc(Br)c3)c(=O)n2[C@H]1c1ccccc1Cl. The lowest BCUT2D eigenvalue weighted by Crippen LogP contribution is -2.40. The Morgan fingerprint density at radius 3 is 2.77 bits per heavy atom. The number of allylic oxidation sites excluding steroid dienone is 1. The van der Waals surface area contributed by atoms with E-state index in [1.165, 1.54) is 15.9 Å². The molecule has 2 heterocycles. The van der Waals surface area contributed by atoms with E-state index in [9.17, 15) is 9.59 Å². The summed E-state index contributed by atoms with van der Waals surface area (Å²) in [6.45, 7) is 3.71. The first kappa shape index (κ1) is 21.7. The zero-order valence-electron chi connectivity index (χ0n) is 16.8. The summed E-state index contributed by atoms with van der Waals surface area (Å²) in [4.78, 5) is 31.4. The van der Waals surface area contributed by atoms with Crippen molar-refractivity contribution in [3.63, 3.8) is 0 Å². The molecule has 0 N–H and O–H groups in total. The molecule has 0 spiro atoms. The molecule has 0 fully saturated rings. The molecule has 4 rings (SSSR count). The first-order chi connectivity index (χ1) is 14.9. The Morgan fingerprint density at radius 2 is 2.06 bits per heavy atom. The Kier molecular flexibility index (Phi) is 6.27. The molecule has 0 bridgehead atoms. The van der Waals surface area contributed by atoms with Crippen molar-refractivity contribution < 1.29 is 9.53 Å². The molecule has 31 heavy (non-hydrogen) atoms. The van der Waals surface area contributed by atoms with Crippen molar-refractivity contribution in [1.82, 2.24) is 4.57 Å². The number of benzene rings is 2. The van der Waals surface area contributed by atoms with Gasteiger partial charge in [0, 0.05) is 9.50 Å². The molecule has 0 saturated heterocycles. The summed E-state index contributed by atoms with van der Waals surface area (Å²) in [6.07, 6.45) is 1.82. The van der Waals surface area contributed by atoms with E-state index in [1.54, 1.807) is 19.9 Å². The van der Waals surface area contributed by atoms with Gasteiger partial charge in [-0.2, -0.15) is 0 Å². The number of fused-ring (bicyclic) bond motifs is 1. The molecule has 0 aliphatic carbocycles. The number of nitrogens with zero attached hydrogens (tertiary/aromatic N) is 2. The highest BCUT2D eigenvalue weighted by Gasteiger charge is 2.34. The number of halogens is 2. The maximum Gasteiger partial charge on any atom is 0.338 e. The van der Waals surface area contributed by atoms with Crippen molar-refractivity contribution in [2.75, 3.05) is 6.61 Å². The standard InChI is InChI=1S/C23H18BrClN2O3S/c1-3-30-22(29)19-13(2)26-23-27(20(19)16-9-4-5-10-17(16)25)21(28)18(31-23)12-14-7-6-8-15(24)11-14/h4-12,20H,3H2,1-2H3/b18-12-/t20-/m0/s1. The van der Waals surface area contributed by atoms with Crippen molar-refractivity contribution >= 4 is 50.9 Å². The van der Waals surface area contributed by atoms with Crippen LogP contribution in [-0.2, 0) is 9.53 Å². The second kappa shape index (κ2) is 8.94. The van der Waals surface area contributed by atoms with Crippen molar-refractivity contribution in [1.29, 1.82) is 0 Å². The third-order valence-corrected chi connectivity index (χ3v) is 6.68. The van der Waals surface area contributed by atoms with Gasteiger partial charge in [-0.25, -0.2) is 9.79 Å². The van der Waals surface area contributed by atoms with E-state index < -0.39 is 12.0 Å². The maximum atomic E-state index is 13.5. The van der Waals surface area contributed by atoms with Gasteiger partial charge >= 0.3 is 5.97 Å². The van der Waals surface area contributed by atoms with Gasteiger partial charge in [0.2, 0.25) is 0 Å². The highest BCUT2D eigenvalue weighted by molar-refractivity contribution is 9.10. The number of esters is 1. The number of thiazole rings is 1. The van der Waals surface area contributed by atoms with Gasteiger partial charge < -0.3 is 4.74 Å². The zero-order valence-corrected chi connectivity index (χ0v) is 19.9. The van der Waals surface area contributed by atoms with Crippen LogP contribution in [0.1, 0.15) is 31.0 Å². The number of rotatable bonds is 4. The van der Waals surface area contributed by atoms with E-state index >= 15 is 0 Å². The second-order valence-electron chi connectivity index (χ2n) is 6.88. The summed E-state index contributed by atoms with van der Waals surface area (Å²) in [5.41, 5.74) is 2.13. The Balaban J connectivity index is 1.99. The third-order valence-electron chi connectivity index (χ3n) is 4.86. The summed E-state index contributed by atoms with van der Waals surface area (Å²) in [5.74, 6) is -0.505. The Hall–Kier alpha value is -2.48. The van der Waals surface area contributed by atoms with Gasteiger partial charge in [0.05, 0.1) is 22.4 Å². The number of hydrogen-bond donors (Lipinski definition) is 0. The van der Waals surface area contributed by atoms with Crippen molar-refractivity contribution in [3.05, 3.63) is 100 Å². The fourth-order valence-electron chi connectivity index (χ4n) is 3.53. The van der Waals surface area contributed by atoms with Gasteiger partial charge in [-0.15, -0.1) is 0 Å². The van der Waals surface area contributed by atoms with E-state index in [2.05, 4.69) is 20.9 Å². The maximum absolute atomic E-state index is 13.5. The van der Waals surface area contributed by atoms with E-state index in [4.69, 9.17) is 16.3 Å². The molecule has 0 saturated carbocycles. The van der Waals surface area contributed by atoms with Crippen molar-refractivity contribution in [3.8, 4) is 0 Å². The molecule has 5 nitrogen and oxygen atoms in total. The highest BCUT2D eigenvalue weighted by Crippen LogP contribution is 2.34. The van der Waals surface area contributed by atoms with Crippen molar-refractivity contribution in [2.24, 2.45) is 4.99 Å². The summed E-state index contributed by atoms with van der Waals surface area (Å²) >= 11 is 11.2. The van der Waals surface area contributed by atoms with Crippen LogP contribution in [0.2, 0.25) is 5.02 Å². The van der Waals surface area contributed by atoms with Gasteiger partial charge in [-0.1, -0.05) is 69.2 Å². The van der Waals surface area contributed by atoms with Crippen LogP contribution in [0.4, 0.5) is 0 Å². The molecule has 0 unspecified atom stereocenters. The number of carbonyl (C=O) groups is 1. The fourth-order valence-corrected chi connectivity index (χ4v) is 5.23. The van der Waals surface area contributed by atoms with Crippen molar-refractivity contribution in [2.45, 2.75) is 19.9 Å². The minimum absolute atomic E-state index is 0.220. The Morgan fingerprint density at radius 1 is 1.29 bits per heavy atom. The van der Waals surface area contributed by atoms with Crippen LogP contribution in [-0.4, -0.2) is 17.1 Å². The number of hydrogen-bond acceptors (Lipinski definition) is 5. The Labute approximate surface area is 196 Å². The summed E-state index contributed by atoms with van der Waals surface area (Å²) < 4.78 is 8.27. The van der Waals surface area contributed by atoms with Gasteiger partial charge in [-0.05, 0) is 49.2 Å². The van der Waals surface area contributed by atoms with Crippen LogP contribution >= 0.6 is 38.9 Å². The molecule has 1 aromatic heterocycles. The molecule has 1 aliphatic rings. The quantitative estimate of drug-likeness (QED) is 0.487. The van der Waals surface area contributed by atoms with Crippen LogP contribution in [0.15, 0.2) is 74.1 Å². The van der Waals surface area contributed by atoms with Crippen LogP contribution in [0.25, 0.3) is 6.08 Å². The number of carbonyl (C=O) groups excluding carboxylic acids is 1. The summed E-state index contributed by atoms with van der Waals surface area (Å²) in [5, 5.41) is 0.463. The lowest BCUT2D eigenvalue weighted by molar-refractivity contribution is -0.139. The fraction of sp³-hybridized carbons (Fsp3) is 0.174. The topological polar surface area (TPSA) is 60.7 Å². The van der Waals surface area contributed by atoms with Crippen LogP contribution in [0, 0.1) is 0 Å². The van der Waals surface area contributed by atoms with Gasteiger partial charge in [0.25, 0.3) is 5.56 Å². The van der Waals surface area contributed by atoms with Crippen LogP contribution < -0.4 is 14.9 Å². The van der Waals surface area contributed by atoms with Crippen LogP contribution in [0.3, 0.4) is 0 Å². The van der Waals surface area contributed by atoms with Gasteiger partial charge in [0.15, 0.2) is 4.80 Å². The third kappa shape index (κ3) is 4.18. The molecule has 0 amide bonds. The molecular weight excluding hydrogens is 500 g/mol. The first-order valence-electron chi connectivity index (χ1n) is 9.60. The van der Waals surface area contributed by atoms with Crippen LogP contribution in [0.5, 0.6) is 0 Å². The first-order valence-corrected chi connectivity index (χ1v) is 11.6. The molecule has 1 atom stereocenters. The minimum Gasteiger partial charge on any atom is -0.463 e. The van der Waals surface area contributed by atoms with E-state index in [1.807, 2.05) is 48.5 Å². The molecule has 0 radical (unpaired) electrons. The lowest BCUT2D eigenvalue weighted by Gasteiger charge is -2.25. The Bertz CT molecular complexity index is 1390. The molecular formula is C23H18BrClN2O3S. The number of aromatic nitrogens is 1. The van der Waals surface area contributed by atoms with Gasteiger partial charge in [0.1, 0.15) is 6.04 Å². The van der Waals surface area contributed by atoms with Gasteiger partial charge in [-0.3, -0.25) is 9.36 Å². The predicted octanol–water partition coefficient (Wildman–Crippen LogP) is 4.21.